The number of carbonyl (C=O) groups excluding carboxylic acids is 2. The van der Waals surface area contributed by atoms with Crippen molar-refractivity contribution in [1.82, 2.24) is 10.2 Å². The van der Waals surface area contributed by atoms with E-state index in [1.165, 1.54) is 0 Å². The third kappa shape index (κ3) is 3.81. The first-order valence-corrected chi connectivity index (χ1v) is 9.45. The summed E-state index contributed by atoms with van der Waals surface area (Å²) in [6, 6.07) is 26.7. The Morgan fingerprint density at radius 2 is 1.46 bits per heavy atom. The summed E-state index contributed by atoms with van der Waals surface area (Å²) >= 11 is 0. The highest BCUT2D eigenvalue weighted by Gasteiger charge is 2.36. The van der Waals surface area contributed by atoms with E-state index in [4.69, 9.17) is 0 Å². The van der Waals surface area contributed by atoms with Crippen molar-refractivity contribution >= 4 is 11.8 Å². The average Bonchev–Trinajstić information content (AvgIpc) is 2.74. The number of carbonyl (C=O) groups is 2. The van der Waals surface area contributed by atoms with Crippen LogP contribution in [0.15, 0.2) is 84.9 Å². The first kappa shape index (κ1) is 18.0. The highest BCUT2D eigenvalue weighted by molar-refractivity contribution is 5.92. The Hall–Kier alpha value is -3.40. The van der Waals surface area contributed by atoms with Crippen LogP contribution in [0.4, 0.5) is 0 Å². The van der Waals surface area contributed by atoms with Gasteiger partial charge in [-0.2, -0.15) is 0 Å². The van der Waals surface area contributed by atoms with Crippen LogP contribution in [0.25, 0.3) is 0 Å². The topological polar surface area (TPSA) is 49.4 Å². The molecule has 0 bridgehead atoms. The van der Waals surface area contributed by atoms with E-state index in [2.05, 4.69) is 5.32 Å². The van der Waals surface area contributed by atoms with Gasteiger partial charge in [0, 0.05) is 13.1 Å². The minimum atomic E-state index is -0.624. The van der Waals surface area contributed by atoms with E-state index >= 15 is 0 Å². The molecule has 3 aromatic carbocycles. The second-order valence-electron chi connectivity index (χ2n) is 6.99. The van der Waals surface area contributed by atoms with E-state index in [0.29, 0.717) is 19.5 Å². The van der Waals surface area contributed by atoms with Gasteiger partial charge in [0.05, 0.1) is 6.42 Å². The van der Waals surface area contributed by atoms with Gasteiger partial charge in [0.2, 0.25) is 11.8 Å². The Kier molecular flexibility index (Phi) is 5.20. The lowest BCUT2D eigenvalue weighted by molar-refractivity contribution is -0.142. The summed E-state index contributed by atoms with van der Waals surface area (Å²) in [7, 11) is 0. The van der Waals surface area contributed by atoms with Gasteiger partial charge in [-0.15, -0.1) is 0 Å². The molecule has 2 amide bonds. The summed E-state index contributed by atoms with van der Waals surface area (Å²) in [5.74, 6) is -0.178. The van der Waals surface area contributed by atoms with E-state index in [-0.39, 0.29) is 11.8 Å². The van der Waals surface area contributed by atoms with Crippen LogP contribution in [0.5, 0.6) is 0 Å². The molecule has 0 fully saturated rings. The maximum atomic E-state index is 13.2. The van der Waals surface area contributed by atoms with Gasteiger partial charge >= 0.3 is 0 Å². The van der Waals surface area contributed by atoms with E-state index in [0.717, 1.165) is 22.3 Å². The lowest BCUT2D eigenvalue weighted by atomic mass is 9.91. The quantitative estimate of drug-likeness (QED) is 0.746. The third-order valence-electron chi connectivity index (χ3n) is 5.08. The van der Waals surface area contributed by atoms with Crippen LogP contribution in [0.1, 0.15) is 28.3 Å². The van der Waals surface area contributed by atoms with Crippen molar-refractivity contribution in [2.75, 3.05) is 0 Å². The number of amides is 2. The normalized spacial score (nSPS) is 15.8. The Morgan fingerprint density at radius 1 is 0.857 bits per heavy atom. The maximum absolute atomic E-state index is 13.2. The monoisotopic (exact) mass is 370 g/mol. The van der Waals surface area contributed by atoms with Gasteiger partial charge < -0.3 is 10.2 Å². The zero-order valence-electron chi connectivity index (χ0n) is 15.5. The molecule has 1 unspecified atom stereocenters. The highest BCUT2D eigenvalue weighted by Crippen LogP contribution is 2.32. The molecule has 28 heavy (non-hydrogen) atoms. The van der Waals surface area contributed by atoms with Crippen LogP contribution < -0.4 is 5.32 Å². The molecular weight excluding hydrogens is 348 g/mol. The smallest absolute Gasteiger partial charge is 0.247 e. The predicted octanol–water partition coefficient (Wildman–Crippen LogP) is 3.63. The molecule has 0 spiro atoms. The number of hydrogen-bond acceptors (Lipinski definition) is 2. The van der Waals surface area contributed by atoms with Gasteiger partial charge in [-0.25, -0.2) is 0 Å². The lowest BCUT2D eigenvalue weighted by Gasteiger charge is -2.36. The molecule has 1 aliphatic heterocycles. The fourth-order valence-electron chi connectivity index (χ4n) is 3.66. The first-order valence-electron chi connectivity index (χ1n) is 9.45. The van der Waals surface area contributed by atoms with Crippen molar-refractivity contribution in [3.63, 3.8) is 0 Å². The fourth-order valence-corrected chi connectivity index (χ4v) is 3.66. The van der Waals surface area contributed by atoms with Crippen LogP contribution in [0.3, 0.4) is 0 Å². The molecule has 1 N–H and O–H groups in total. The summed E-state index contributed by atoms with van der Waals surface area (Å²) in [6.07, 6.45) is 0.325. The Labute approximate surface area is 164 Å². The lowest BCUT2D eigenvalue weighted by Crippen LogP contribution is -2.46. The third-order valence-corrected chi connectivity index (χ3v) is 5.08. The maximum Gasteiger partial charge on any atom is 0.247 e. The average molecular weight is 370 g/mol. The van der Waals surface area contributed by atoms with Crippen LogP contribution in [-0.4, -0.2) is 16.7 Å². The highest BCUT2D eigenvalue weighted by atomic mass is 16.2. The molecule has 3 aromatic rings. The number of hydrogen-bond donors (Lipinski definition) is 1. The van der Waals surface area contributed by atoms with Gasteiger partial charge in [-0.3, -0.25) is 9.59 Å². The fraction of sp³-hybridized carbons (Fsp3) is 0.167. The van der Waals surface area contributed by atoms with E-state index in [1.807, 2.05) is 84.9 Å². The van der Waals surface area contributed by atoms with E-state index in [1.54, 1.807) is 4.90 Å². The largest absolute Gasteiger partial charge is 0.350 e. The van der Waals surface area contributed by atoms with E-state index < -0.39 is 6.04 Å². The van der Waals surface area contributed by atoms with Gasteiger partial charge in [-0.05, 0) is 22.3 Å². The van der Waals surface area contributed by atoms with Crippen molar-refractivity contribution in [1.29, 1.82) is 0 Å². The number of nitrogens with one attached hydrogen (secondary N) is 1. The summed E-state index contributed by atoms with van der Waals surface area (Å²) < 4.78 is 0. The standard InChI is InChI=1S/C24H22N2O2/c27-22-15-20-13-7-8-14-21(20)23(26(22)17-19-11-5-2-6-12-19)24(28)25-16-18-9-3-1-4-10-18/h1-14,23H,15-17H2,(H,25,28). The zero-order valence-corrected chi connectivity index (χ0v) is 15.5. The molecule has 1 heterocycles. The Bertz CT molecular complexity index is 970. The van der Waals surface area contributed by atoms with Crippen molar-refractivity contribution < 1.29 is 9.59 Å². The van der Waals surface area contributed by atoms with Gasteiger partial charge in [0.15, 0.2) is 0 Å². The second kappa shape index (κ2) is 8.09. The number of rotatable bonds is 5. The summed E-state index contributed by atoms with van der Waals surface area (Å²) in [6.45, 7) is 0.850. The molecule has 140 valence electrons. The molecule has 0 radical (unpaired) electrons. The zero-order chi connectivity index (χ0) is 19.3. The minimum Gasteiger partial charge on any atom is -0.350 e. The molecular formula is C24H22N2O2. The summed E-state index contributed by atoms with van der Waals surface area (Å²) in [5, 5.41) is 3.01. The molecule has 0 saturated heterocycles. The Balaban J connectivity index is 1.62. The summed E-state index contributed by atoms with van der Waals surface area (Å²) in [4.78, 5) is 27.8. The molecule has 4 rings (SSSR count). The Morgan fingerprint density at radius 3 is 2.18 bits per heavy atom. The summed E-state index contributed by atoms with van der Waals surface area (Å²) in [5.41, 5.74) is 3.87. The van der Waals surface area contributed by atoms with Crippen LogP contribution >= 0.6 is 0 Å². The van der Waals surface area contributed by atoms with Crippen LogP contribution in [-0.2, 0) is 29.1 Å². The number of benzene rings is 3. The van der Waals surface area contributed by atoms with Crippen LogP contribution in [0, 0.1) is 0 Å². The predicted molar refractivity (Wildman–Crippen MR) is 108 cm³/mol. The molecule has 4 heteroatoms. The number of nitrogens with zero attached hydrogens (tertiary/aromatic N) is 1. The van der Waals surface area contributed by atoms with Crippen LogP contribution in [0.2, 0.25) is 0 Å². The molecule has 1 aliphatic rings. The van der Waals surface area contributed by atoms with Gasteiger partial charge in [-0.1, -0.05) is 84.9 Å². The van der Waals surface area contributed by atoms with Gasteiger partial charge in [0.1, 0.15) is 6.04 Å². The number of fused-ring (bicyclic) bond motifs is 1. The van der Waals surface area contributed by atoms with Crippen molar-refractivity contribution in [3.8, 4) is 0 Å². The molecule has 4 nitrogen and oxygen atoms in total. The van der Waals surface area contributed by atoms with Crippen molar-refractivity contribution in [2.24, 2.45) is 0 Å². The minimum absolute atomic E-state index is 0.0255. The molecule has 0 aliphatic carbocycles. The second-order valence-corrected chi connectivity index (χ2v) is 6.99. The van der Waals surface area contributed by atoms with Crippen molar-refractivity contribution in [3.05, 3.63) is 107 Å². The van der Waals surface area contributed by atoms with Gasteiger partial charge in [0.25, 0.3) is 0 Å². The first-order chi connectivity index (χ1) is 13.7. The van der Waals surface area contributed by atoms with E-state index in [9.17, 15) is 9.59 Å². The molecule has 0 saturated carbocycles. The molecule has 0 aromatic heterocycles. The SMILES string of the molecule is O=C(NCc1ccccc1)C1c2ccccc2CC(=O)N1Cc1ccccc1. The molecule has 1 atom stereocenters. The van der Waals surface area contributed by atoms with Crippen molar-refractivity contribution in [2.45, 2.75) is 25.6 Å².